The first-order valence-electron chi connectivity index (χ1n) is 8.29. The molecule has 1 atom stereocenters. The molecule has 0 saturated heterocycles. The fourth-order valence-electron chi connectivity index (χ4n) is 2.83. The van der Waals surface area contributed by atoms with Crippen molar-refractivity contribution in [3.63, 3.8) is 0 Å². The molecule has 0 fully saturated rings. The van der Waals surface area contributed by atoms with Crippen LogP contribution in [0.3, 0.4) is 0 Å². The SMILES string of the molecule is CC(NC(=O)C=Cc1cccc(Cl)c1Cl)c1ccc2c(c1)CCC(=O)N2. The number of benzene rings is 2. The van der Waals surface area contributed by atoms with Crippen LogP contribution in [0.2, 0.25) is 10.0 Å². The molecule has 0 aliphatic carbocycles. The zero-order chi connectivity index (χ0) is 18.7. The molecule has 1 unspecified atom stereocenters. The van der Waals surface area contributed by atoms with Gasteiger partial charge in [0.05, 0.1) is 16.1 Å². The summed E-state index contributed by atoms with van der Waals surface area (Å²) in [5.74, 6) is -0.184. The maximum atomic E-state index is 12.2. The van der Waals surface area contributed by atoms with Gasteiger partial charge in [0.25, 0.3) is 0 Å². The third-order valence-electron chi connectivity index (χ3n) is 4.28. The van der Waals surface area contributed by atoms with Crippen molar-refractivity contribution in [1.82, 2.24) is 5.32 Å². The topological polar surface area (TPSA) is 58.2 Å². The molecule has 2 N–H and O–H groups in total. The lowest BCUT2D eigenvalue weighted by molar-refractivity contribution is -0.117. The first kappa shape index (κ1) is 18.5. The number of fused-ring (bicyclic) bond motifs is 1. The van der Waals surface area contributed by atoms with Gasteiger partial charge in [-0.3, -0.25) is 9.59 Å². The van der Waals surface area contributed by atoms with E-state index in [-0.39, 0.29) is 17.9 Å². The Labute approximate surface area is 162 Å². The van der Waals surface area contributed by atoms with Gasteiger partial charge in [0.15, 0.2) is 0 Å². The van der Waals surface area contributed by atoms with Crippen molar-refractivity contribution in [3.8, 4) is 0 Å². The fraction of sp³-hybridized carbons (Fsp3) is 0.200. The molecule has 1 aliphatic rings. The normalized spacial score (nSPS) is 14.7. The molecule has 26 heavy (non-hydrogen) atoms. The van der Waals surface area contributed by atoms with Gasteiger partial charge < -0.3 is 10.6 Å². The van der Waals surface area contributed by atoms with Gasteiger partial charge in [-0.1, -0.05) is 47.5 Å². The van der Waals surface area contributed by atoms with E-state index in [4.69, 9.17) is 23.2 Å². The second-order valence-corrected chi connectivity index (χ2v) is 6.96. The Bertz CT molecular complexity index is 893. The van der Waals surface area contributed by atoms with E-state index in [9.17, 15) is 9.59 Å². The van der Waals surface area contributed by atoms with Crippen molar-refractivity contribution in [2.45, 2.75) is 25.8 Å². The van der Waals surface area contributed by atoms with E-state index in [0.717, 1.165) is 16.8 Å². The average molecular weight is 389 g/mol. The molecule has 0 bridgehead atoms. The fourth-order valence-corrected chi connectivity index (χ4v) is 3.20. The van der Waals surface area contributed by atoms with E-state index < -0.39 is 0 Å². The van der Waals surface area contributed by atoms with E-state index >= 15 is 0 Å². The van der Waals surface area contributed by atoms with Crippen molar-refractivity contribution in [2.24, 2.45) is 0 Å². The number of aryl methyl sites for hydroxylation is 1. The predicted molar refractivity (Wildman–Crippen MR) is 105 cm³/mol. The van der Waals surface area contributed by atoms with Gasteiger partial charge in [0.1, 0.15) is 0 Å². The molecule has 0 saturated carbocycles. The quantitative estimate of drug-likeness (QED) is 0.741. The van der Waals surface area contributed by atoms with Crippen LogP contribution < -0.4 is 10.6 Å². The van der Waals surface area contributed by atoms with E-state index in [0.29, 0.717) is 28.5 Å². The maximum absolute atomic E-state index is 12.2. The number of carbonyl (C=O) groups excluding carboxylic acids is 2. The summed E-state index contributed by atoms with van der Waals surface area (Å²) in [7, 11) is 0. The molecule has 2 aromatic carbocycles. The monoisotopic (exact) mass is 388 g/mol. The number of amides is 2. The molecule has 0 spiro atoms. The molecule has 134 valence electrons. The van der Waals surface area contributed by atoms with Crippen LogP contribution in [0.1, 0.15) is 36.1 Å². The molecular weight excluding hydrogens is 371 g/mol. The molecule has 1 aliphatic heterocycles. The van der Waals surface area contributed by atoms with Crippen molar-refractivity contribution >= 4 is 46.8 Å². The van der Waals surface area contributed by atoms with E-state index in [2.05, 4.69) is 10.6 Å². The summed E-state index contributed by atoms with van der Waals surface area (Å²) in [5.41, 5.74) is 3.61. The minimum absolute atomic E-state index is 0.0383. The lowest BCUT2D eigenvalue weighted by Gasteiger charge is -2.20. The van der Waals surface area contributed by atoms with Crippen molar-refractivity contribution in [3.05, 3.63) is 69.2 Å². The summed E-state index contributed by atoms with van der Waals surface area (Å²) < 4.78 is 0. The van der Waals surface area contributed by atoms with Crippen LogP contribution in [0.5, 0.6) is 0 Å². The molecule has 3 rings (SSSR count). The van der Waals surface area contributed by atoms with Gasteiger partial charge in [-0.2, -0.15) is 0 Å². The van der Waals surface area contributed by atoms with Gasteiger partial charge in [0.2, 0.25) is 11.8 Å². The van der Waals surface area contributed by atoms with Crippen LogP contribution >= 0.6 is 23.2 Å². The van der Waals surface area contributed by atoms with Gasteiger partial charge in [-0.15, -0.1) is 0 Å². The molecular formula is C20H18Cl2N2O2. The van der Waals surface area contributed by atoms with Crippen LogP contribution in [0.4, 0.5) is 5.69 Å². The smallest absolute Gasteiger partial charge is 0.244 e. The zero-order valence-corrected chi connectivity index (χ0v) is 15.7. The van der Waals surface area contributed by atoms with Gasteiger partial charge >= 0.3 is 0 Å². The first-order chi connectivity index (χ1) is 12.4. The van der Waals surface area contributed by atoms with E-state index in [1.54, 1.807) is 24.3 Å². The summed E-state index contributed by atoms with van der Waals surface area (Å²) in [6, 6.07) is 10.9. The third-order valence-corrected chi connectivity index (χ3v) is 5.11. The van der Waals surface area contributed by atoms with Crippen LogP contribution in [0, 0.1) is 0 Å². The molecule has 0 radical (unpaired) electrons. The number of nitrogens with one attached hydrogen (secondary N) is 2. The lowest BCUT2D eigenvalue weighted by atomic mass is 9.98. The minimum atomic E-state index is -0.223. The Morgan fingerprint density at radius 3 is 2.85 bits per heavy atom. The van der Waals surface area contributed by atoms with Crippen LogP contribution in [0.25, 0.3) is 6.08 Å². The molecule has 4 nitrogen and oxygen atoms in total. The highest BCUT2D eigenvalue weighted by Crippen LogP contribution is 2.27. The standard InChI is InChI=1S/C20H18Cl2N2O2/c1-12(14-5-8-17-15(11-14)7-10-19(26)24-17)23-18(25)9-6-13-3-2-4-16(21)20(13)22/h2-6,8-9,11-12H,7,10H2,1H3,(H,23,25)(H,24,26). The van der Waals surface area contributed by atoms with Crippen LogP contribution in [0.15, 0.2) is 42.5 Å². The molecule has 2 aromatic rings. The number of rotatable bonds is 4. The second-order valence-electron chi connectivity index (χ2n) is 6.17. The van der Waals surface area contributed by atoms with Gasteiger partial charge in [-0.25, -0.2) is 0 Å². The first-order valence-corrected chi connectivity index (χ1v) is 9.05. The highest BCUT2D eigenvalue weighted by Gasteiger charge is 2.16. The van der Waals surface area contributed by atoms with Crippen LogP contribution in [-0.2, 0) is 16.0 Å². The maximum Gasteiger partial charge on any atom is 0.244 e. The zero-order valence-electron chi connectivity index (χ0n) is 14.2. The number of hydrogen-bond acceptors (Lipinski definition) is 2. The Kier molecular flexibility index (Phi) is 5.64. The molecule has 2 amide bonds. The molecule has 0 aromatic heterocycles. The summed E-state index contributed by atoms with van der Waals surface area (Å²) in [6.07, 6.45) is 4.27. The number of anilines is 1. The Morgan fingerprint density at radius 2 is 2.04 bits per heavy atom. The number of carbonyl (C=O) groups is 2. The van der Waals surface area contributed by atoms with Gasteiger partial charge in [-0.05, 0) is 48.2 Å². The molecule has 6 heteroatoms. The average Bonchev–Trinajstić information content (AvgIpc) is 2.62. The Hall–Kier alpha value is -2.30. The largest absolute Gasteiger partial charge is 0.346 e. The summed E-state index contributed by atoms with van der Waals surface area (Å²) >= 11 is 12.1. The van der Waals surface area contributed by atoms with Gasteiger partial charge in [0, 0.05) is 18.2 Å². The lowest BCUT2D eigenvalue weighted by Crippen LogP contribution is -2.25. The highest BCUT2D eigenvalue weighted by molar-refractivity contribution is 6.42. The Morgan fingerprint density at radius 1 is 1.23 bits per heavy atom. The second kappa shape index (κ2) is 7.94. The number of hydrogen-bond donors (Lipinski definition) is 2. The Balaban J connectivity index is 1.67. The van der Waals surface area contributed by atoms with Crippen molar-refractivity contribution in [2.75, 3.05) is 5.32 Å². The summed E-state index contributed by atoms with van der Waals surface area (Å²) in [6.45, 7) is 1.92. The van der Waals surface area contributed by atoms with E-state index in [1.165, 1.54) is 6.08 Å². The van der Waals surface area contributed by atoms with Crippen molar-refractivity contribution < 1.29 is 9.59 Å². The highest BCUT2D eigenvalue weighted by atomic mass is 35.5. The predicted octanol–water partition coefficient (Wildman–Crippen LogP) is 4.77. The summed E-state index contributed by atoms with van der Waals surface area (Å²) in [4.78, 5) is 23.6. The van der Waals surface area contributed by atoms with E-state index in [1.807, 2.05) is 25.1 Å². The summed E-state index contributed by atoms with van der Waals surface area (Å²) in [5, 5.41) is 6.65. The number of halogens is 2. The van der Waals surface area contributed by atoms with Crippen molar-refractivity contribution in [1.29, 1.82) is 0 Å². The third kappa shape index (κ3) is 4.26. The molecule has 1 heterocycles. The van der Waals surface area contributed by atoms with Crippen LogP contribution in [-0.4, -0.2) is 11.8 Å². The minimum Gasteiger partial charge on any atom is -0.346 e.